The molecule has 6 heteroatoms. The molecule has 1 aromatic heterocycles. The zero-order chi connectivity index (χ0) is 9.68. The largest absolute Gasteiger partial charge is 0.394 e. The summed E-state index contributed by atoms with van der Waals surface area (Å²) >= 11 is 0. The van der Waals surface area contributed by atoms with Crippen molar-refractivity contribution in [2.75, 3.05) is 18.5 Å². The maximum absolute atomic E-state index is 12.3. The highest BCUT2D eigenvalue weighted by Gasteiger charge is 2.02. The molecule has 0 aliphatic heterocycles. The summed E-state index contributed by atoms with van der Waals surface area (Å²) in [5, 5.41) is 20.0. The van der Waals surface area contributed by atoms with E-state index in [-0.39, 0.29) is 19.1 Å². The van der Waals surface area contributed by atoms with Crippen molar-refractivity contribution in [3.63, 3.8) is 0 Å². The minimum atomic E-state index is -0.867. The third-order valence-electron chi connectivity index (χ3n) is 1.33. The van der Waals surface area contributed by atoms with Gasteiger partial charge in [-0.2, -0.15) is 0 Å². The van der Waals surface area contributed by atoms with Crippen molar-refractivity contribution in [2.45, 2.75) is 6.10 Å². The number of nitrogens with zero attached hydrogens (tertiary/aromatic N) is 2. The molecular weight excluding hydrogens is 177 g/mol. The second-order valence-electron chi connectivity index (χ2n) is 2.44. The van der Waals surface area contributed by atoms with E-state index in [2.05, 4.69) is 15.3 Å². The Labute approximate surface area is 74.3 Å². The number of anilines is 1. The number of aromatic nitrogens is 2. The minimum absolute atomic E-state index is 0.127. The van der Waals surface area contributed by atoms with Crippen LogP contribution in [0, 0.1) is 5.82 Å². The first kappa shape index (κ1) is 9.82. The van der Waals surface area contributed by atoms with Crippen LogP contribution in [0.4, 0.5) is 10.3 Å². The van der Waals surface area contributed by atoms with E-state index in [1.807, 2.05) is 0 Å². The van der Waals surface area contributed by atoms with Gasteiger partial charge >= 0.3 is 0 Å². The highest BCUT2D eigenvalue weighted by atomic mass is 19.1. The summed E-state index contributed by atoms with van der Waals surface area (Å²) in [5.41, 5.74) is 0. The Balaban J connectivity index is 2.41. The molecule has 0 saturated carbocycles. The minimum Gasteiger partial charge on any atom is -0.394 e. The molecule has 0 radical (unpaired) electrons. The van der Waals surface area contributed by atoms with E-state index in [1.165, 1.54) is 0 Å². The Morgan fingerprint density at radius 2 is 2.08 bits per heavy atom. The molecule has 1 aromatic rings. The van der Waals surface area contributed by atoms with Crippen LogP contribution < -0.4 is 5.32 Å². The van der Waals surface area contributed by atoms with Gasteiger partial charge in [-0.25, -0.2) is 14.4 Å². The second-order valence-corrected chi connectivity index (χ2v) is 2.44. The third kappa shape index (κ3) is 3.30. The molecule has 0 spiro atoms. The maximum atomic E-state index is 12.3. The molecule has 1 heterocycles. The fraction of sp³-hybridized carbons (Fsp3) is 0.429. The Bertz CT molecular complexity index is 254. The van der Waals surface area contributed by atoms with Crippen LogP contribution in [0.2, 0.25) is 0 Å². The molecule has 1 atom stereocenters. The molecule has 5 nitrogen and oxygen atoms in total. The summed E-state index contributed by atoms with van der Waals surface area (Å²) in [6, 6.07) is 0. The lowest BCUT2D eigenvalue weighted by Crippen LogP contribution is -2.23. The van der Waals surface area contributed by atoms with Crippen LogP contribution in [0.1, 0.15) is 0 Å². The van der Waals surface area contributed by atoms with Crippen LogP contribution in [0.15, 0.2) is 12.4 Å². The first-order chi connectivity index (χ1) is 6.22. The molecule has 1 unspecified atom stereocenters. The molecule has 0 bridgehead atoms. The van der Waals surface area contributed by atoms with Crippen molar-refractivity contribution in [1.82, 2.24) is 9.97 Å². The Kier molecular flexibility index (Phi) is 3.53. The SMILES string of the molecule is OCC(O)CNc1ncc(F)cn1. The Hall–Kier alpha value is -1.27. The molecule has 0 amide bonds. The number of nitrogens with one attached hydrogen (secondary N) is 1. The highest BCUT2D eigenvalue weighted by Crippen LogP contribution is 1.97. The number of aliphatic hydroxyl groups excluding tert-OH is 2. The van der Waals surface area contributed by atoms with Crippen LogP contribution in [-0.2, 0) is 0 Å². The van der Waals surface area contributed by atoms with Gasteiger partial charge in [0.2, 0.25) is 5.95 Å². The average molecular weight is 187 g/mol. The fourth-order valence-electron chi connectivity index (χ4n) is 0.677. The molecule has 0 fully saturated rings. The quantitative estimate of drug-likeness (QED) is 0.585. The molecule has 13 heavy (non-hydrogen) atoms. The molecule has 3 N–H and O–H groups in total. The van der Waals surface area contributed by atoms with Crippen LogP contribution in [0.5, 0.6) is 0 Å². The van der Waals surface area contributed by atoms with Crippen LogP contribution >= 0.6 is 0 Å². The lowest BCUT2D eigenvalue weighted by molar-refractivity contribution is 0.105. The van der Waals surface area contributed by atoms with Gasteiger partial charge in [0, 0.05) is 6.54 Å². The monoisotopic (exact) mass is 187 g/mol. The highest BCUT2D eigenvalue weighted by molar-refractivity contribution is 5.22. The van der Waals surface area contributed by atoms with Crippen LogP contribution in [0.25, 0.3) is 0 Å². The molecule has 0 aliphatic carbocycles. The van der Waals surface area contributed by atoms with Crippen molar-refractivity contribution in [3.8, 4) is 0 Å². The lowest BCUT2D eigenvalue weighted by atomic mass is 10.4. The number of rotatable bonds is 4. The number of hydrogen-bond donors (Lipinski definition) is 3. The van der Waals surface area contributed by atoms with Gasteiger partial charge in [-0.3, -0.25) is 0 Å². The van der Waals surface area contributed by atoms with Gasteiger partial charge in [-0.1, -0.05) is 0 Å². The van der Waals surface area contributed by atoms with E-state index >= 15 is 0 Å². The smallest absolute Gasteiger partial charge is 0.222 e. The van der Waals surface area contributed by atoms with Gasteiger partial charge in [0.25, 0.3) is 0 Å². The van der Waals surface area contributed by atoms with Gasteiger partial charge in [0.05, 0.1) is 25.1 Å². The van der Waals surface area contributed by atoms with Crippen molar-refractivity contribution >= 4 is 5.95 Å². The fourth-order valence-corrected chi connectivity index (χ4v) is 0.677. The predicted molar refractivity (Wildman–Crippen MR) is 43.6 cm³/mol. The van der Waals surface area contributed by atoms with E-state index in [0.717, 1.165) is 12.4 Å². The summed E-state index contributed by atoms with van der Waals surface area (Å²) in [4.78, 5) is 7.19. The van der Waals surface area contributed by atoms with Crippen LogP contribution in [-0.4, -0.2) is 39.4 Å². The summed E-state index contributed by atoms with van der Waals surface area (Å²) in [6.07, 6.45) is 1.16. The molecular formula is C7H10FN3O2. The third-order valence-corrected chi connectivity index (χ3v) is 1.33. The second kappa shape index (κ2) is 4.68. The van der Waals surface area contributed by atoms with E-state index in [0.29, 0.717) is 0 Å². The number of hydrogen-bond acceptors (Lipinski definition) is 5. The van der Waals surface area contributed by atoms with Crippen molar-refractivity contribution in [2.24, 2.45) is 0 Å². The van der Waals surface area contributed by atoms with Gasteiger partial charge in [-0.05, 0) is 0 Å². The zero-order valence-electron chi connectivity index (χ0n) is 6.81. The normalized spacial score (nSPS) is 12.5. The van der Waals surface area contributed by atoms with E-state index < -0.39 is 11.9 Å². The Morgan fingerprint density at radius 3 is 2.62 bits per heavy atom. The van der Waals surface area contributed by atoms with Crippen molar-refractivity contribution in [3.05, 3.63) is 18.2 Å². The molecule has 0 aromatic carbocycles. The zero-order valence-corrected chi connectivity index (χ0v) is 6.81. The topological polar surface area (TPSA) is 78.3 Å². The summed E-state index contributed by atoms with van der Waals surface area (Å²) in [5.74, 6) is -0.304. The molecule has 0 saturated heterocycles. The number of aliphatic hydroxyl groups is 2. The van der Waals surface area contributed by atoms with Crippen molar-refractivity contribution < 1.29 is 14.6 Å². The van der Waals surface area contributed by atoms with E-state index in [1.54, 1.807) is 0 Å². The van der Waals surface area contributed by atoms with Crippen LogP contribution in [0.3, 0.4) is 0 Å². The van der Waals surface area contributed by atoms with Gasteiger partial charge in [0.15, 0.2) is 5.82 Å². The molecule has 0 aliphatic rings. The summed E-state index contributed by atoms with van der Waals surface area (Å²) in [7, 11) is 0. The maximum Gasteiger partial charge on any atom is 0.222 e. The van der Waals surface area contributed by atoms with Gasteiger partial charge in [0.1, 0.15) is 0 Å². The first-order valence-corrected chi connectivity index (χ1v) is 3.72. The molecule has 72 valence electrons. The average Bonchev–Trinajstić information content (AvgIpc) is 2.16. The molecule has 1 rings (SSSR count). The Morgan fingerprint density at radius 1 is 1.46 bits per heavy atom. The van der Waals surface area contributed by atoms with E-state index in [4.69, 9.17) is 10.2 Å². The van der Waals surface area contributed by atoms with Gasteiger partial charge < -0.3 is 15.5 Å². The summed E-state index contributed by atoms with van der Waals surface area (Å²) < 4.78 is 12.3. The number of halogens is 1. The lowest BCUT2D eigenvalue weighted by Gasteiger charge is -2.07. The summed E-state index contributed by atoms with van der Waals surface area (Å²) in [6.45, 7) is -0.212. The van der Waals surface area contributed by atoms with E-state index in [9.17, 15) is 4.39 Å². The standard InChI is InChI=1S/C7H10FN3O2/c8-5-1-9-7(10-2-5)11-3-6(13)4-12/h1-2,6,12-13H,3-4H2,(H,9,10,11). The van der Waals surface area contributed by atoms with Crippen molar-refractivity contribution in [1.29, 1.82) is 0 Å². The predicted octanol–water partition coefficient (Wildman–Crippen LogP) is -0.619. The van der Waals surface area contributed by atoms with Gasteiger partial charge in [-0.15, -0.1) is 0 Å². The first-order valence-electron chi connectivity index (χ1n) is 3.72.